The van der Waals surface area contributed by atoms with Crippen molar-refractivity contribution < 1.29 is 9.18 Å². The Labute approximate surface area is 107 Å². The van der Waals surface area contributed by atoms with Crippen LogP contribution in [0.4, 0.5) is 4.39 Å². The van der Waals surface area contributed by atoms with Crippen molar-refractivity contribution in [3.8, 4) is 0 Å². The third-order valence-electron chi connectivity index (χ3n) is 3.39. The highest BCUT2D eigenvalue weighted by molar-refractivity contribution is 5.94. The van der Waals surface area contributed by atoms with Crippen molar-refractivity contribution in [1.82, 2.24) is 10.6 Å². The summed E-state index contributed by atoms with van der Waals surface area (Å²) in [6, 6.07) is 5.12. The van der Waals surface area contributed by atoms with Crippen LogP contribution in [0.3, 0.4) is 0 Å². The fourth-order valence-corrected chi connectivity index (χ4v) is 2.43. The molecule has 0 unspecified atom stereocenters. The molecule has 1 aliphatic rings. The molecule has 2 N–H and O–H groups in total. The van der Waals surface area contributed by atoms with E-state index in [1.807, 2.05) is 6.92 Å². The van der Waals surface area contributed by atoms with Gasteiger partial charge in [-0.2, -0.15) is 0 Å². The SMILES string of the molecule is CCNC(=O)c1cccc(C2CCNCC2)c1F. The van der Waals surface area contributed by atoms with E-state index in [4.69, 9.17) is 0 Å². The molecule has 0 atom stereocenters. The Morgan fingerprint density at radius 3 is 2.83 bits per heavy atom. The lowest BCUT2D eigenvalue weighted by molar-refractivity contribution is 0.0951. The van der Waals surface area contributed by atoms with Crippen molar-refractivity contribution in [3.05, 3.63) is 35.1 Å². The second kappa shape index (κ2) is 5.96. The summed E-state index contributed by atoms with van der Waals surface area (Å²) in [6.45, 7) is 4.16. The quantitative estimate of drug-likeness (QED) is 0.862. The van der Waals surface area contributed by atoms with Gasteiger partial charge in [-0.3, -0.25) is 4.79 Å². The van der Waals surface area contributed by atoms with E-state index in [1.165, 1.54) is 0 Å². The van der Waals surface area contributed by atoms with Crippen molar-refractivity contribution in [2.75, 3.05) is 19.6 Å². The second-order valence-corrected chi connectivity index (χ2v) is 4.59. The smallest absolute Gasteiger partial charge is 0.254 e. The third-order valence-corrected chi connectivity index (χ3v) is 3.39. The molecule has 1 aliphatic heterocycles. The predicted octanol–water partition coefficient (Wildman–Crippen LogP) is 2.04. The first-order chi connectivity index (χ1) is 8.74. The first-order valence-electron chi connectivity index (χ1n) is 6.51. The number of nitrogens with one attached hydrogen (secondary N) is 2. The van der Waals surface area contributed by atoms with E-state index in [-0.39, 0.29) is 23.2 Å². The predicted molar refractivity (Wildman–Crippen MR) is 69.3 cm³/mol. The number of piperidine rings is 1. The molecule has 4 heteroatoms. The number of hydrogen-bond donors (Lipinski definition) is 2. The topological polar surface area (TPSA) is 41.1 Å². The maximum Gasteiger partial charge on any atom is 0.254 e. The molecule has 1 aromatic rings. The fraction of sp³-hybridized carbons (Fsp3) is 0.500. The molecule has 1 fully saturated rings. The summed E-state index contributed by atoms with van der Waals surface area (Å²) in [7, 11) is 0. The minimum Gasteiger partial charge on any atom is -0.352 e. The maximum absolute atomic E-state index is 14.3. The number of carbonyl (C=O) groups excluding carboxylic acids is 1. The summed E-state index contributed by atoms with van der Waals surface area (Å²) >= 11 is 0. The third kappa shape index (κ3) is 2.70. The van der Waals surface area contributed by atoms with Gasteiger partial charge in [0, 0.05) is 6.54 Å². The lowest BCUT2D eigenvalue weighted by atomic mass is 9.88. The summed E-state index contributed by atoms with van der Waals surface area (Å²) in [6.07, 6.45) is 1.85. The molecule has 0 aliphatic carbocycles. The zero-order valence-corrected chi connectivity index (χ0v) is 10.6. The molecule has 98 valence electrons. The highest BCUT2D eigenvalue weighted by atomic mass is 19.1. The Balaban J connectivity index is 2.26. The Morgan fingerprint density at radius 2 is 2.17 bits per heavy atom. The van der Waals surface area contributed by atoms with Gasteiger partial charge in [0.15, 0.2) is 0 Å². The molecule has 0 spiro atoms. The molecular formula is C14H19FN2O. The van der Waals surface area contributed by atoms with Gasteiger partial charge in [0.05, 0.1) is 5.56 Å². The molecule has 1 heterocycles. The Kier molecular flexibility index (Phi) is 4.31. The van der Waals surface area contributed by atoms with E-state index >= 15 is 0 Å². The first-order valence-corrected chi connectivity index (χ1v) is 6.51. The Bertz CT molecular complexity index is 428. The molecule has 1 aromatic carbocycles. The second-order valence-electron chi connectivity index (χ2n) is 4.59. The van der Waals surface area contributed by atoms with Crippen molar-refractivity contribution in [2.24, 2.45) is 0 Å². The van der Waals surface area contributed by atoms with E-state index in [0.29, 0.717) is 12.1 Å². The van der Waals surface area contributed by atoms with Crippen LogP contribution in [0.5, 0.6) is 0 Å². The van der Waals surface area contributed by atoms with Gasteiger partial charge in [-0.25, -0.2) is 4.39 Å². The summed E-state index contributed by atoms with van der Waals surface area (Å²) in [5, 5.41) is 5.90. The minimum atomic E-state index is -0.352. The minimum absolute atomic E-state index is 0.160. The summed E-state index contributed by atoms with van der Waals surface area (Å²) < 4.78 is 14.3. The van der Waals surface area contributed by atoms with Crippen LogP contribution in [0.1, 0.15) is 41.6 Å². The van der Waals surface area contributed by atoms with Crippen LogP contribution in [0, 0.1) is 5.82 Å². The van der Waals surface area contributed by atoms with Crippen molar-refractivity contribution >= 4 is 5.91 Å². The first kappa shape index (κ1) is 13.0. The molecule has 3 nitrogen and oxygen atoms in total. The molecular weight excluding hydrogens is 231 g/mol. The highest BCUT2D eigenvalue weighted by Crippen LogP contribution is 2.28. The van der Waals surface area contributed by atoms with Crippen molar-refractivity contribution in [1.29, 1.82) is 0 Å². The van der Waals surface area contributed by atoms with E-state index < -0.39 is 0 Å². The molecule has 0 aromatic heterocycles. The lowest BCUT2D eigenvalue weighted by Crippen LogP contribution is -2.28. The number of halogens is 1. The van der Waals surface area contributed by atoms with Crippen LogP contribution in [0.15, 0.2) is 18.2 Å². The normalized spacial score (nSPS) is 16.6. The van der Waals surface area contributed by atoms with Gasteiger partial charge in [-0.15, -0.1) is 0 Å². The number of benzene rings is 1. The van der Waals surface area contributed by atoms with Gasteiger partial charge < -0.3 is 10.6 Å². The molecule has 2 rings (SSSR count). The van der Waals surface area contributed by atoms with Gasteiger partial charge in [-0.05, 0) is 50.4 Å². The van der Waals surface area contributed by atoms with E-state index in [2.05, 4.69) is 10.6 Å². The summed E-state index contributed by atoms with van der Waals surface area (Å²) in [5.41, 5.74) is 0.841. The van der Waals surface area contributed by atoms with Crippen LogP contribution in [-0.4, -0.2) is 25.5 Å². The number of carbonyl (C=O) groups is 1. The van der Waals surface area contributed by atoms with Gasteiger partial charge in [0.2, 0.25) is 0 Å². The van der Waals surface area contributed by atoms with Crippen LogP contribution < -0.4 is 10.6 Å². The standard InChI is InChI=1S/C14H19FN2O/c1-2-17-14(18)12-5-3-4-11(13(12)15)10-6-8-16-9-7-10/h3-5,10,16H,2,6-9H2,1H3,(H,17,18). The van der Waals surface area contributed by atoms with Gasteiger partial charge in [0.25, 0.3) is 5.91 Å². The molecule has 0 radical (unpaired) electrons. The average Bonchev–Trinajstić information content (AvgIpc) is 2.40. The molecule has 1 amide bonds. The number of amides is 1. The van der Waals surface area contributed by atoms with Gasteiger partial charge >= 0.3 is 0 Å². The van der Waals surface area contributed by atoms with Crippen LogP contribution >= 0.6 is 0 Å². The maximum atomic E-state index is 14.3. The van der Waals surface area contributed by atoms with Crippen LogP contribution in [0.25, 0.3) is 0 Å². The zero-order valence-electron chi connectivity index (χ0n) is 10.6. The monoisotopic (exact) mass is 250 g/mol. The number of hydrogen-bond acceptors (Lipinski definition) is 2. The van der Waals surface area contributed by atoms with Gasteiger partial charge in [0.1, 0.15) is 5.82 Å². The average molecular weight is 250 g/mol. The zero-order chi connectivity index (χ0) is 13.0. The fourth-order valence-electron chi connectivity index (χ4n) is 2.43. The van der Waals surface area contributed by atoms with Crippen LogP contribution in [-0.2, 0) is 0 Å². The van der Waals surface area contributed by atoms with Crippen LogP contribution in [0.2, 0.25) is 0 Å². The molecule has 18 heavy (non-hydrogen) atoms. The van der Waals surface area contributed by atoms with E-state index in [0.717, 1.165) is 25.9 Å². The van der Waals surface area contributed by atoms with E-state index in [9.17, 15) is 9.18 Å². The Morgan fingerprint density at radius 1 is 1.44 bits per heavy atom. The van der Waals surface area contributed by atoms with Crippen molar-refractivity contribution in [2.45, 2.75) is 25.7 Å². The summed E-state index contributed by atoms with van der Waals surface area (Å²) in [5.74, 6) is -0.457. The largest absolute Gasteiger partial charge is 0.352 e. The Hall–Kier alpha value is -1.42. The molecule has 0 saturated carbocycles. The number of rotatable bonds is 3. The highest BCUT2D eigenvalue weighted by Gasteiger charge is 2.22. The molecule has 0 bridgehead atoms. The van der Waals surface area contributed by atoms with E-state index in [1.54, 1.807) is 18.2 Å². The van der Waals surface area contributed by atoms with Crippen molar-refractivity contribution in [3.63, 3.8) is 0 Å². The lowest BCUT2D eigenvalue weighted by Gasteiger charge is -2.23. The summed E-state index contributed by atoms with van der Waals surface area (Å²) in [4.78, 5) is 11.7. The van der Waals surface area contributed by atoms with Gasteiger partial charge in [-0.1, -0.05) is 12.1 Å². The molecule has 1 saturated heterocycles.